The van der Waals surface area contributed by atoms with E-state index in [1.807, 2.05) is 6.92 Å². The summed E-state index contributed by atoms with van der Waals surface area (Å²) < 4.78 is 2.29. The van der Waals surface area contributed by atoms with Crippen molar-refractivity contribution in [3.63, 3.8) is 0 Å². The predicted molar refractivity (Wildman–Crippen MR) is 85.5 cm³/mol. The molecule has 4 nitrogen and oxygen atoms in total. The Morgan fingerprint density at radius 1 is 1.24 bits per heavy atom. The zero-order chi connectivity index (χ0) is 14.7. The van der Waals surface area contributed by atoms with Gasteiger partial charge in [0.1, 0.15) is 5.82 Å². The first-order chi connectivity index (χ1) is 10.2. The number of rotatable bonds is 4. The third-order valence-corrected chi connectivity index (χ3v) is 4.89. The van der Waals surface area contributed by atoms with Gasteiger partial charge in [0.2, 0.25) is 0 Å². The van der Waals surface area contributed by atoms with Crippen LogP contribution in [0.15, 0.2) is 34.3 Å². The molecule has 2 N–H and O–H groups in total. The summed E-state index contributed by atoms with van der Waals surface area (Å²) in [5, 5.41) is 9.79. The van der Waals surface area contributed by atoms with Crippen molar-refractivity contribution in [2.24, 2.45) is 5.73 Å². The fourth-order valence-corrected chi connectivity index (χ4v) is 3.77. The van der Waals surface area contributed by atoms with E-state index in [9.17, 15) is 0 Å². The highest BCUT2D eigenvalue weighted by Crippen LogP contribution is 2.31. The molecule has 5 heteroatoms. The van der Waals surface area contributed by atoms with Gasteiger partial charge >= 0.3 is 0 Å². The standard InChI is InChI=1S/C16H22N4S/c1-12(17)11-13-7-4-5-8-14(13)21-16-19-18-15-9-3-2-6-10-20(15)16/h4-5,7-8,12H,2-3,6,9-11,17H2,1H3. The summed E-state index contributed by atoms with van der Waals surface area (Å²) in [6, 6.07) is 8.63. The molecule has 21 heavy (non-hydrogen) atoms. The number of benzene rings is 1. The van der Waals surface area contributed by atoms with Gasteiger partial charge in [-0.2, -0.15) is 0 Å². The summed E-state index contributed by atoms with van der Waals surface area (Å²) >= 11 is 1.72. The van der Waals surface area contributed by atoms with Gasteiger partial charge in [-0.25, -0.2) is 0 Å². The van der Waals surface area contributed by atoms with Crippen molar-refractivity contribution >= 4 is 11.8 Å². The highest BCUT2D eigenvalue weighted by Gasteiger charge is 2.16. The third-order valence-electron chi connectivity index (χ3n) is 3.79. The van der Waals surface area contributed by atoms with Gasteiger partial charge < -0.3 is 10.3 Å². The van der Waals surface area contributed by atoms with Crippen LogP contribution in [0, 0.1) is 0 Å². The predicted octanol–water partition coefficient (Wildman–Crippen LogP) is 3.05. The van der Waals surface area contributed by atoms with Crippen molar-refractivity contribution < 1.29 is 0 Å². The fraction of sp³-hybridized carbons (Fsp3) is 0.500. The Hall–Kier alpha value is -1.33. The van der Waals surface area contributed by atoms with Gasteiger partial charge in [-0.15, -0.1) is 10.2 Å². The Labute approximate surface area is 130 Å². The van der Waals surface area contributed by atoms with Gasteiger partial charge in [-0.1, -0.05) is 24.6 Å². The van der Waals surface area contributed by atoms with Crippen LogP contribution in [-0.4, -0.2) is 20.8 Å². The van der Waals surface area contributed by atoms with E-state index in [2.05, 4.69) is 39.0 Å². The van der Waals surface area contributed by atoms with Gasteiger partial charge in [0.25, 0.3) is 0 Å². The first-order valence-corrected chi connectivity index (χ1v) is 8.49. The van der Waals surface area contributed by atoms with Crippen LogP contribution in [0.4, 0.5) is 0 Å². The Balaban J connectivity index is 1.86. The van der Waals surface area contributed by atoms with Crippen LogP contribution in [0.1, 0.15) is 37.6 Å². The maximum atomic E-state index is 5.96. The SMILES string of the molecule is CC(N)Cc1ccccc1Sc1nnc2n1CCCCC2. The minimum atomic E-state index is 0.169. The maximum Gasteiger partial charge on any atom is 0.196 e. The van der Waals surface area contributed by atoms with Crippen LogP contribution in [0.25, 0.3) is 0 Å². The highest BCUT2D eigenvalue weighted by atomic mass is 32.2. The molecule has 0 saturated carbocycles. The monoisotopic (exact) mass is 302 g/mol. The number of aromatic nitrogens is 3. The van der Waals surface area contributed by atoms with Gasteiger partial charge in [0.15, 0.2) is 5.16 Å². The highest BCUT2D eigenvalue weighted by molar-refractivity contribution is 7.99. The van der Waals surface area contributed by atoms with E-state index in [0.29, 0.717) is 0 Å². The van der Waals surface area contributed by atoms with Crippen molar-refractivity contribution in [3.05, 3.63) is 35.7 Å². The van der Waals surface area contributed by atoms with E-state index in [4.69, 9.17) is 5.73 Å². The lowest BCUT2D eigenvalue weighted by Crippen LogP contribution is -2.18. The second-order valence-corrected chi connectivity index (χ2v) is 6.76. The van der Waals surface area contributed by atoms with Gasteiger partial charge in [-0.3, -0.25) is 0 Å². The van der Waals surface area contributed by atoms with E-state index in [1.54, 1.807) is 11.8 Å². The summed E-state index contributed by atoms with van der Waals surface area (Å²) in [4.78, 5) is 1.24. The summed E-state index contributed by atoms with van der Waals surface area (Å²) in [6.45, 7) is 3.09. The Morgan fingerprint density at radius 3 is 2.95 bits per heavy atom. The van der Waals surface area contributed by atoms with Crippen molar-refractivity contribution in [1.29, 1.82) is 0 Å². The van der Waals surface area contributed by atoms with Crippen molar-refractivity contribution in [2.45, 2.75) is 61.7 Å². The zero-order valence-corrected chi connectivity index (χ0v) is 13.3. The normalized spacial score (nSPS) is 16.3. The number of nitrogens with zero attached hydrogens (tertiary/aromatic N) is 3. The summed E-state index contributed by atoms with van der Waals surface area (Å²) in [5.74, 6) is 1.14. The Bertz CT molecular complexity index is 606. The van der Waals surface area contributed by atoms with E-state index in [-0.39, 0.29) is 6.04 Å². The molecule has 1 aliphatic heterocycles. The largest absolute Gasteiger partial charge is 0.328 e. The molecule has 0 amide bonds. The van der Waals surface area contributed by atoms with Gasteiger partial charge in [-0.05, 0) is 49.6 Å². The number of fused-ring (bicyclic) bond motifs is 1. The van der Waals surface area contributed by atoms with Crippen LogP contribution < -0.4 is 5.73 Å². The second kappa shape index (κ2) is 6.62. The third kappa shape index (κ3) is 3.47. The molecule has 0 spiro atoms. The lowest BCUT2D eigenvalue weighted by atomic mass is 10.1. The van der Waals surface area contributed by atoms with Crippen LogP contribution in [0.2, 0.25) is 0 Å². The second-order valence-electron chi connectivity index (χ2n) is 5.75. The first kappa shape index (κ1) is 14.6. The average Bonchev–Trinajstić information content (AvgIpc) is 2.69. The van der Waals surface area contributed by atoms with E-state index in [0.717, 1.165) is 30.4 Å². The maximum absolute atomic E-state index is 5.96. The number of nitrogens with two attached hydrogens (primary N) is 1. The summed E-state index contributed by atoms with van der Waals surface area (Å²) in [5.41, 5.74) is 7.25. The summed E-state index contributed by atoms with van der Waals surface area (Å²) in [6.07, 6.45) is 5.68. The van der Waals surface area contributed by atoms with Crippen LogP contribution >= 0.6 is 11.8 Å². The molecular weight excluding hydrogens is 280 g/mol. The number of hydrogen-bond donors (Lipinski definition) is 1. The van der Waals surface area contributed by atoms with Crippen LogP contribution in [-0.2, 0) is 19.4 Å². The minimum Gasteiger partial charge on any atom is -0.328 e. The molecular formula is C16H22N4S. The molecule has 1 aromatic carbocycles. The van der Waals surface area contributed by atoms with Crippen molar-refractivity contribution in [2.75, 3.05) is 0 Å². The molecule has 3 rings (SSSR count). The molecule has 112 valence electrons. The molecule has 1 unspecified atom stereocenters. The molecule has 2 aromatic rings. The average molecular weight is 302 g/mol. The lowest BCUT2D eigenvalue weighted by molar-refractivity contribution is 0.591. The number of hydrogen-bond acceptors (Lipinski definition) is 4. The zero-order valence-electron chi connectivity index (χ0n) is 12.5. The molecule has 0 radical (unpaired) electrons. The summed E-state index contributed by atoms with van der Waals surface area (Å²) in [7, 11) is 0. The van der Waals surface area contributed by atoms with E-state index < -0.39 is 0 Å². The van der Waals surface area contributed by atoms with Crippen LogP contribution in [0.3, 0.4) is 0 Å². The fourth-order valence-electron chi connectivity index (χ4n) is 2.75. The quantitative estimate of drug-likeness (QED) is 0.943. The molecule has 1 atom stereocenters. The van der Waals surface area contributed by atoms with Crippen molar-refractivity contribution in [1.82, 2.24) is 14.8 Å². The molecule has 0 fully saturated rings. The van der Waals surface area contributed by atoms with Gasteiger partial charge in [0.05, 0.1) is 0 Å². The molecule has 0 aliphatic carbocycles. The topological polar surface area (TPSA) is 56.7 Å². The van der Waals surface area contributed by atoms with Crippen molar-refractivity contribution in [3.8, 4) is 0 Å². The molecule has 1 aliphatic rings. The van der Waals surface area contributed by atoms with Crippen LogP contribution in [0.5, 0.6) is 0 Å². The first-order valence-electron chi connectivity index (χ1n) is 7.67. The lowest BCUT2D eigenvalue weighted by Gasteiger charge is -2.11. The molecule has 1 aromatic heterocycles. The molecule has 0 saturated heterocycles. The van der Waals surface area contributed by atoms with Gasteiger partial charge in [0, 0.05) is 23.9 Å². The smallest absolute Gasteiger partial charge is 0.196 e. The molecule has 2 heterocycles. The minimum absolute atomic E-state index is 0.169. The Kier molecular flexibility index (Phi) is 4.60. The van der Waals surface area contributed by atoms with E-state index >= 15 is 0 Å². The van der Waals surface area contributed by atoms with E-state index in [1.165, 1.54) is 29.7 Å². The number of aryl methyl sites for hydroxylation is 1. The molecule has 0 bridgehead atoms. The Morgan fingerprint density at radius 2 is 2.10 bits per heavy atom.